The van der Waals surface area contributed by atoms with Gasteiger partial charge in [0, 0.05) is 12.5 Å². The van der Waals surface area contributed by atoms with Gasteiger partial charge < -0.3 is 10.1 Å². The van der Waals surface area contributed by atoms with Crippen LogP contribution in [0.4, 0.5) is 4.39 Å². The van der Waals surface area contributed by atoms with E-state index in [2.05, 4.69) is 5.32 Å². The molecule has 0 aliphatic heterocycles. The summed E-state index contributed by atoms with van der Waals surface area (Å²) in [6, 6.07) is 0. The van der Waals surface area contributed by atoms with Crippen molar-refractivity contribution in [3.63, 3.8) is 0 Å². The minimum Gasteiger partial charge on any atom is -0.353 e. The molecular weight excluding hydrogens is 197 g/mol. The molecular formula is C11H18FNO2. The lowest BCUT2D eigenvalue weighted by Crippen LogP contribution is -2.40. The van der Waals surface area contributed by atoms with Gasteiger partial charge in [-0.2, -0.15) is 0 Å². The molecule has 1 rings (SSSR count). The Morgan fingerprint density at radius 2 is 2.07 bits per heavy atom. The molecule has 1 N–H and O–H groups in total. The van der Waals surface area contributed by atoms with Crippen LogP contribution in [0.5, 0.6) is 0 Å². The number of carbonyl (C=O) groups is 2. The van der Waals surface area contributed by atoms with Crippen LogP contribution in [-0.4, -0.2) is 24.4 Å². The number of hydrogen-bond donors (Lipinski definition) is 1. The van der Waals surface area contributed by atoms with Gasteiger partial charge in [-0.05, 0) is 18.3 Å². The number of rotatable bonds is 4. The van der Waals surface area contributed by atoms with Crippen LogP contribution >= 0.6 is 0 Å². The van der Waals surface area contributed by atoms with Crippen LogP contribution in [0, 0.1) is 11.3 Å². The topological polar surface area (TPSA) is 46.2 Å². The smallest absolute Gasteiger partial charge is 0.257 e. The quantitative estimate of drug-likeness (QED) is 0.722. The van der Waals surface area contributed by atoms with E-state index in [1.165, 1.54) is 0 Å². The van der Waals surface area contributed by atoms with Crippen molar-refractivity contribution in [3.05, 3.63) is 0 Å². The van der Waals surface area contributed by atoms with Crippen molar-refractivity contribution in [2.24, 2.45) is 11.3 Å². The Bertz CT molecular complexity index is 266. The van der Waals surface area contributed by atoms with Crippen LogP contribution in [0.2, 0.25) is 0 Å². The molecule has 0 bridgehead atoms. The van der Waals surface area contributed by atoms with E-state index in [4.69, 9.17) is 0 Å². The van der Waals surface area contributed by atoms with Crippen molar-refractivity contribution in [2.45, 2.75) is 39.3 Å². The predicted molar refractivity (Wildman–Crippen MR) is 55.1 cm³/mol. The Hall–Kier alpha value is -0.930. The maximum Gasteiger partial charge on any atom is 0.257 e. The molecule has 0 saturated heterocycles. The highest BCUT2D eigenvalue weighted by Crippen LogP contribution is 2.39. The van der Waals surface area contributed by atoms with E-state index in [1.807, 2.05) is 20.8 Å². The van der Waals surface area contributed by atoms with Crippen LogP contribution in [0.15, 0.2) is 0 Å². The Morgan fingerprint density at radius 1 is 1.53 bits per heavy atom. The molecule has 1 amide bonds. The van der Waals surface area contributed by atoms with Gasteiger partial charge in [-0.25, -0.2) is 4.39 Å². The largest absolute Gasteiger partial charge is 0.353 e. The molecule has 86 valence electrons. The summed E-state index contributed by atoms with van der Waals surface area (Å²) in [7, 11) is 0. The summed E-state index contributed by atoms with van der Waals surface area (Å²) in [4.78, 5) is 22.1. The standard InChI is InChI=1S/C11H18FNO2/c1-10(2,3)8(7-14)6-13-9(15)11(12)4-5-11/h7-8H,4-6H2,1-3H3,(H,13,15). The third-order valence-corrected chi connectivity index (χ3v) is 2.86. The first kappa shape index (κ1) is 12.1. The Kier molecular flexibility index (Phi) is 3.16. The van der Waals surface area contributed by atoms with Crippen molar-refractivity contribution >= 4 is 12.2 Å². The monoisotopic (exact) mass is 215 g/mol. The normalized spacial score (nSPS) is 20.5. The molecule has 4 heteroatoms. The average Bonchev–Trinajstić information content (AvgIpc) is 2.83. The van der Waals surface area contributed by atoms with Crippen molar-refractivity contribution in [2.75, 3.05) is 6.54 Å². The number of amides is 1. The van der Waals surface area contributed by atoms with Crippen LogP contribution in [0.3, 0.4) is 0 Å². The second-order valence-corrected chi connectivity index (χ2v) is 5.28. The molecule has 0 aromatic rings. The summed E-state index contributed by atoms with van der Waals surface area (Å²) < 4.78 is 13.2. The van der Waals surface area contributed by atoms with Gasteiger partial charge in [-0.15, -0.1) is 0 Å². The van der Waals surface area contributed by atoms with E-state index in [0.29, 0.717) is 12.8 Å². The SMILES string of the molecule is CC(C)(C)C(C=O)CNC(=O)C1(F)CC1. The maximum atomic E-state index is 13.2. The molecule has 1 aliphatic rings. The number of aldehydes is 1. The number of halogens is 1. The van der Waals surface area contributed by atoms with Gasteiger partial charge >= 0.3 is 0 Å². The molecule has 3 nitrogen and oxygen atoms in total. The lowest BCUT2D eigenvalue weighted by Gasteiger charge is -2.26. The lowest BCUT2D eigenvalue weighted by molar-refractivity contribution is -0.128. The Morgan fingerprint density at radius 3 is 2.40 bits per heavy atom. The Labute approximate surface area is 89.4 Å². The van der Waals surface area contributed by atoms with E-state index >= 15 is 0 Å². The van der Waals surface area contributed by atoms with Crippen molar-refractivity contribution in [1.82, 2.24) is 5.32 Å². The lowest BCUT2D eigenvalue weighted by atomic mass is 9.81. The molecule has 0 spiro atoms. The van der Waals surface area contributed by atoms with Crippen molar-refractivity contribution in [3.8, 4) is 0 Å². The first-order valence-corrected chi connectivity index (χ1v) is 5.22. The zero-order valence-electron chi connectivity index (χ0n) is 9.47. The summed E-state index contributed by atoms with van der Waals surface area (Å²) in [5.41, 5.74) is -1.85. The fourth-order valence-electron chi connectivity index (χ4n) is 1.26. The van der Waals surface area contributed by atoms with Crippen LogP contribution in [0.25, 0.3) is 0 Å². The zero-order valence-corrected chi connectivity index (χ0v) is 9.47. The third kappa shape index (κ3) is 3.01. The van der Waals surface area contributed by atoms with Gasteiger partial charge in [0.2, 0.25) is 0 Å². The van der Waals surface area contributed by atoms with Crippen molar-refractivity contribution < 1.29 is 14.0 Å². The van der Waals surface area contributed by atoms with Gasteiger partial charge in [-0.1, -0.05) is 20.8 Å². The van der Waals surface area contributed by atoms with Crippen LogP contribution < -0.4 is 5.32 Å². The summed E-state index contributed by atoms with van der Waals surface area (Å²) in [6.07, 6.45) is 1.43. The van der Waals surface area contributed by atoms with Gasteiger partial charge in [-0.3, -0.25) is 4.79 Å². The van der Waals surface area contributed by atoms with Gasteiger partial charge in [0.1, 0.15) is 6.29 Å². The summed E-state index contributed by atoms with van der Waals surface area (Å²) in [6.45, 7) is 5.97. The number of hydrogen-bond acceptors (Lipinski definition) is 2. The molecule has 1 atom stereocenters. The average molecular weight is 215 g/mol. The molecule has 1 saturated carbocycles. The van der Waals surface area contributed by atoms with Crippen LogP contribution in [0.1, 0.15) is 33.6 Å². The van der Waals surface area contributed by atoms with E-state index in [0.717, 1.165) is 6.29 Å². The summed E-state index contributed by atoms with van der Waals surface area (Å²) in [5, 5.41) is 2.50. The molecule has 15 heavy (non-hydrogen) atoms. The highest BCUT2D eigenvalue weighted by molar-refractivity contribution is 5.88. The second-order valence-electron chi connectivity index (χ2n) is 5.28. The van der Waals surface area contributed by atoms with Crippen molar-refractivity contribution in [1.29, 1.82) is 0 Å². The molecule has 1 fully saturated rings. The van der Waals surface area contributed by atoms with Gasteiger partial charge in [0.05, 0.1) is 0 Å². The molecule has 0 heterocycles. The summed E-state index contributed by atoms with van der Waals surface area (Å²) in [5.74, 6) is -0.845. The fraction of sp³-hybridized carbons (Fsp3) is 0.818. The van der Waals surface area contributed by atoms with E-state index in [9.17, 15) is 14.0 Å². The first-order valence-electron chi connectivity index (χ1n) is 5.22. The van der Waals surface area contributed by atoms with Gasteiger partial charge in [0.15, 0.2) is 5.67 Å². The first-order chi connectivity index (χ1) is 6.79. The van der Waals surface area contributed by atoms with Gasteiger partial charge in [0.25, 0.3) is 5.91 Å². The van der Waals surface area contributed by atoms with E-state index in [-0.39, 0.29) is 17.9 Å². The molecule has 1 aliphatic carbocycles. The molecule has 0 aromatic carbocycles. The highest BCUT2D eigenvalue weighted by Gasteiger charge is 2.50. The molecule has 0 radical (unpaired) electrons. The molecule has 0 aromatic heterocycles. The third-order valence-electron chi connectivity index (χ3n) is 2.86. The zero-order chi connectivity index (χ0) is 11.7. The minimum atomic E-state index is -1.65. The fourth-order valence-corrected chi connectivity index (χ4v) is 1.26. The van der Waals surface area contributed by atoms with E-state index < -0.39 is 11.6 Å². The number of alkyl halides is 1. The highest BCUT2D eigenvalue weighted by atomic mass is 19.1. The maximum absolute atomic E-state index is 13.2. The number of nitrogens with one attached hydrogen (secondary N) is 1. The summed E-state index contributed by atoms with van der Waals surface area (Å²) >= 11 is 0. The minimum absolute atomic E-state index is 0.206. The second kappa shape index (κ2) is 3.91. The van der Waals surface area contributed by atoms with E-state index in [1.54, 1.807) is 0 Å². The predicted octanol–water partition coefficient (Wildman–Crippen LogP) is 1.47. The number of carbonyl (C=O) groups excluding carboxylic acids is 2. The Balaban J connectivity index is 2.41. The molecule has 1 unspecified atom stereocenters. The van der Waals surface area contributed by atoms with Crippen LogP contribution in [-0.2, 0) is 9.59 Å².